The van der Waals surface area contributed by atoms with Crippen LogP contribution in [-0.4, -0.2) is 5.38 Å². The van der Waals surface area contributed by atoms with Gasteiger partial charge >= 0.3 is 0 Å². The molecule has 0 heterocycles. The lowest BCUT2D eigenvalue weighted by molar-refractivity contribution is 0.803. The zero-order valence-electron chi connectivity index (χ0n) is 7.96. The summed E-state index contributed by atoms with van der Waals surface area (Å²) in [4.78, 5) is 0. The van der Waals surface area contributed by atoms with Crippen LogP contribution in [0.15, 0.2) is 30.8 Å². The van der Waals surface area contributed by atoms with Gasteiger partial charge in [-0.1, -0.05) is 36.9 Å². The normalized spacial score (nSPS) is 12.5. The van der Waals surface area contributed by atoms with Crippen LogP contribution in [-0.2, 0) is 6.42 Å². The molecule has 0 aliphatic rings. The van der Waals surface area contributed by atoms with E-state index < -0.39 is 0 Å². The number of hydrogen-bond acceptors (Lipinski definition) is 0. The first kappa shape index (κ1) is 10.3. The largest absolute Gasteiger partial charge is 0.123 e. The Balaban J connectivity index is 2.54. The molecule has 1 aromatic carbocycles. The fraction of sp³-hybridized carbons (Fsp3) is 0.333. The maximum absolute atomic E-state index is 5.87. The summed E-state index contributed by atoms with van der Waals surface area (Å²) in [5.74, 6) is 0. The smallest absolute Gasteiger partial charge is 0.0311 e. The average molecular weight is 195 g/mol. The van der Waals surface area contributed by atoms with Gasteiger partial charge in [0, 0.05) is 5.38 Å². The fourth-order valence-corrected chi connectivity index (χ4v) is 1.30. The highest BCUT2D eigenvalue weighted by Gasteiger charge is 1.97. The van der Waals surface area contributed by atoms with Gasteiger partial charge in [0.1, 0.15) is 0 Å². The number of hydrogen-bond donors (Lipinski definition) is 0. The minimum atomic E-state index is 0.263. The Kier molecular flexibility index (Phi) is 4.04. The van der Waals surface area contributed by atoms with Crippen LogP contribution in [0.3, 0.4) is 0 Å². The molecule has 0 spiro atoms. The zero-order chi connectivity index (χ0) is 9.68. The van der Waals surface area contributed by atoms with Crippen molar-refractivity contribution in [2.45, 2.75) is 25.1 Å². The molecule has 1 aromatic rings. The van der Waals surface area contributed by atoms with Crippen molar-refractivity contribution in [2.24, 2.45) is 0 Å². The van der Waals surface area contributed by atoms with Crippen LogP contribution in [0.25, 0.3) is 6.08 Å². The van der Waals surface area contributed by atoms with E-state index in [2.05, 4.69) is 30.8 Å². The van der Waals surface area contributed by atoms with Gasteiger partial charge in [0.15, 0.2) is 0 Å². The van der Waals surface area contributed by atoms with E-state index in [1.165, 1.54) is 11.1 Å². The average Bonchev–Trinajstić information content (AvgIpc) is 2.15. The van der Waals surface area contributed by atoms with Crippen LogP contribution < -0.4 is 0 Å². The summed E-state index contributed by atoms with van der Waals surface area (Å²) in [5, 5.41) is 0.263. The topological polar surface area (TPSA) is 0 Å². The molecule has 0 fully saturated rings. The number of alkyl halides is 1. The van der Waals surface area contributed by atoms with E-state index in [1.807, 2.05) is 13.0 Å². The first-order valence-corrected chi connectivity index (χ1v) is 5.01. The van der Waals surface area contributed by atoms with E-state index in [0.29, 0.717) is 0 Å². The third-order valence-corrected chi connectivity index (χ3v) is 2.26. The Labute approximate surface area is 85.2 Å². The molecule has 0 aliphatic heterocycles. The first-order valence-electron chi connectivity index (χ1n) is 4.58. The van der Waals surface area contributed by atoms with Crippen LogP contribution in [0.1, 0.15) is 24.5 Å². The van der Waals surface area contributed by atoms with E-state index in [0.717, 1.165) is 12.8 Å². The minimum Gasteiger partial charge on any atom is -0.123 e. The molecule has 13 heavy (non-hydrogen) atoms. The fourth-order valence-electron chi connectivity index (χ4n) is 1.19. The van der Waals surface area contributed by atoms with E-state index >= 15 is 0 Å². The van der Waals surface area contributed by atoms with E-state index in [4.69, 9.17) is 11.6 Å². The molecule has 0 saturated heterocycles. The Morgan fingerprint density at radius 2 is 2.00 bits per heavy atom. The van der Waals surface area contributed by atoms with Crippen molar-refractivity contribution in [3.63, 3.8) is 0 Å². The zero-order valence-corrected chi connectivity index (χ0v) is 8.72. The molecule has 0 saturated carbocycles. The molecule has 1 unspecified atom stereocenters. The number of halogens is 1. The Bertz CT molecular complexity index is 259. The van der Waals surface area contributed by atoms with Crippen molar-refractivity contribution < 1.29 is 0 Å². The maximum atomic E-state index is 5.87. The molecule has 1 rings (SSSR count). The van der Waals surface area contributed by atoms with Crippen LogP contribution in [0.2, 0.25) is 0 Å². The summed E-state index contributed by atoms with van der Waals surface area (Å²) < 4.78 is 0. The monoisotopic (exact) mass is 194 g/mol. The van der Waals surface area contributed by atoms with Gasteiger partial charge in [-0.3, -0.25) is 0 Å². The lowest BCUT2D eigenvalue weighted by Crippen LogP contribution is -1.94. The number of rotatable bonds is 4. The Hall–Kier alpha value is -0.750. The molecule has 0 amide bonds. The second-order valence-corrected chi connectivity index (χ2v) is 4.01. The molecule has 0 bridgehead atoms. The predicted octanol–water partition coefficient (Wildman–Crippen LogP) is 3.89. The maximum Gasteiger partial charge on any atom is 0.0311 e. The van der Waals surface area contributed by atoms with Crippen LogP contribution in [0, 0.1) is 0 Å². The molecule has 0 radical (unpaired) electrons. The van der Waals surface area contributed by atoms with Gasteiger partial charge in [-0.25, -0.2) is 0 Å². The third-order valence-electron chi connectivity index (χ3n) is 2.05. The Morgan fingerprint density at radius 1 is 1.38 bits per heavy atom. The quantitative estimate of drug-likeness (QED) is 0.638. The SMILES string of the molecule is C=Cc1ccc(CCC(C)Cl)cc1. The third kappa shape index (κ3) is 3.65. The number of benzene rings is 1. The summed E-state index contributed by atoms with van der Waals surface area (Å²) in [5.41, 5.74) is 2.51. The van der Waals surface area contributed by atoms with Crippen molar-refractivity contribution >= 4 is 17.7 Å². The van der Waals surface area contributed by atoms with Crippen LogP contribution in [0.4, 0.5) is 0 Å². The summed E-state index contributed by atoms with van der Waals surface area (Å²) in [6, 6.07) is 8.44. The standard InChI is InChI=1S/C12H15Cl/c1-3-11-6-8-12(9-7-11)5-4-10(2)13/h3,6-10H,1,4-5H2,2H3. The van der Waals surface area contributed by atoms with Crippen LogP contribution in [0.5, 0.6) is 0 Å². The molecule has 0 N–H and O–H groups in total. The van der Waals surface area contributed by atoms with Crippen LogP contribution >= 0.6 is 11.6 Å². The van der Waals surface area contributed by atoms with E-state index in [-0.39, 0.29) is 5.38 Å². The second kappa shape index (κ2) is 5.08. The molecular formula is C12H15Cl. The molecule has 70 valence electrons. The van der Waals surface area contributed by atoms with E-state index in [1.54, 1.807) is 0 Å². The lowest BCUT2D eigenvalue weighted by Gasteiger charge is -2.03. The predicted molar refractivity (Wildman–Crippen MR) is 60.2 cm³/mol. The van der Waals surface area contributed by atoms with Crippen molar-refractivity contribution in [3.8, 4) is 0 Å². The van der Waals surface area contributed by atoms with Crippen molar-refractivity contribution in [2.75, 3.05) is 0 Å². The highest BCUT2D eigenvalue weighted by Crippen LogP contribution is 2.10. The molecule has 1 heteroatoms. The van der Waals surface area contributed by atoms with E-state index in [9.17, 15) is 0 Å². The van der Waals surface area contributed by atoms with Gasteiger partial charge in [0.05, 0.1) is 0 Å². The Morgan fingerprint density at radius 3 is 2.46 bits per heavy atom. The van der Waals surface area contributed by atoms with Gasteiger partial charge in [0.25, 0.3) is 0 Å². The van der Waals surface area contributed by atoms with Gasteiger partial charge in [-0.05, 0) is 30.9 Å². The molecule has 0 aliphatic carbocycles. The van der Waals surface area contributed by atoms with Crippen molar-refractivity contribution in [1.82, 2.24) is 0 Å². The molecule has 0 nitrogen and oxygen atoms in total. The summed E-state index contributed by atoms with van der Waals surface area (Å²) in [6.07, 6.45) is 3.95. The highest BCUT2D eigenvalue weighted by molar-refractivity contribution is 6.20. The van der Waals surface area contributed by atoms with Gasteiger partial charge < -0.3 is 0 Å². The van der Waals surface area contributed by atoms with Crippen molar-refractivity contribution in [3.05, 3.63) is 42.0 Å². The van der Waals surface area contributed by atoms with Gasteiger partial charge in [0.2, 0.25) is 0 Å². The summed E-state index contributed by atoms with van der Waals surface area (Å²) in [7, 11) is 0. The van der Waals surface area contributed by atoms with Gasteiger partial charge in [-0.15, -0.1) is 11.6 Å². The van der Waals surface area contributed by atoms with Gasteiger partial charge in [-0.2, -0.15) is 0 Å². The number of aryl methyl sites for hydroxylation is 1. The molecular weight excluding hydrogens is 180 g/mol. The second-order valence-electron chi connectivity index (χ2n) is 3.27. The van der Waals surface area contributed by atoms with Crippen molar-refractivity contribution in [1.29, 1.82) is 0 Å². The summed E-state index contributed by atoms with van der Waals surface area (Å²) >= 11 is 5.87. The minimum absolute atomic E-state index is 0.263. The lowest BCUT2D eigenvalue weighted by atomic mass is 10.1. The highest BCUT2D eigenvalue weighted by atomic mass is 35.5. The molecule has 1 atom stereocenters. The molecule has 0 aromatic heterocycles. The first-order chi connectivity index (χ1) is 6.22. The summed E-state index contributed by atoms with van der Waals surface area (Å²) in [6.45, 7) is 5.74.